The van der Waals surface area contributed by atoms with Gasteiger partial charge in [-0.3, -0.25) is 9.59 Å². The number of aryl methyl sites for hydroxylation is 1. The lowest BCUT2D eigenvalue weighted by molar-refractivity contribution is -0.137. The fourth-order valence-corrected chi connectivity index (χ4v) is 2.20. The maximum absolute atomic E-state index is 11.5. The summed E-state index contributed by atoms with van der Waals surface area (Å²) in [4.78, 5) is 21.8. The normalized spacial score (nSPS) is 10.2. The molecular formula is C13H15BrClNO4. The predicted molar refractivity (Wildman–Crippen MR) is 79.4 cm³/mol. The Balaban J connectivity index is 2.58. The van der Waals surface area contributed by atoms with Gasteiger partial charge in [-0.2, -0.15) is 0 Å². The number of carboxylic acid groups (broad SMARTS) is 1. The second kappa shape index (κ2) is 7.50. The molecule has 0 radical (unpaired) electrons. The largest absolute Gasteiger partial charge is 0.483 e. The number of carboxylic acids is 1. The summed E-state index contributed by atoms with van der Waals surface area (Å²) >= 11 is 9.46. The lowest BCUT2D eigenvalue weighted by Crippen LogP contribution is -2.30. The molecule has 0 fully saturated rings. The Labute approximate surface area is 130 Å². The molecule has 0 aliphatic carbocycles. The molecule has 0 heterocycles. The molecule has 7 heteroatoms. The molecule has 2 N–H and O–H groups in total. The maximum atomic E-state index is 11.5. The zero-order valence-corrected chi connectivity index (χ0v) is 13.5. The molecule has 1 rings (SSSR count). The minimum absolute atomic E-state index is 0.0807. The minimum Gasteiger partial charge on any atom is -0.483 e. The number of aliphatic carboxylic acids is 1. The van der Waals surface area contributed by atoms with Crippen LogP contribution in [0.15, 0.2) is 10.5 Å². The second-order valence-corrected chi connectivity index (χ2v) is 5.40. The van der Waals surface area contributed by atoms with Gasteiger partial charge in [0, 0.05) is 11.6 Å². The first kappa shape index (κ1) is 16.8. The summed E-state index contributed by atoms with van der Waals surface area (Å²) in [5.41, 5.74) is 1.70. The van der Waals surface area contributed by atoms with Crippen LogP contribution in [0, 0.1) is 13.8 Å². The topological polar surface area (TPSA) is 75.6 Å². The van der Waals surface area contributed by atoms with Crippen molar-refractivity contribution in [1.29, 1.82) is 0 Å². The van der Waals surface area contributed by atoms with Crippen LogP contribution in [0.2, 0.25) is 5.02 Å². The van der Waals surface area contributed by atoms with Crippen LogP contribution in [-0.2, 0) is 9.59 Å². The quantitative estimate of drug-likeness (QED) is 0.814. The van der Waals surface area contributed by atoms with E-state index in [0.717, 1.165) is 11.1 Å². The van der Waals surface area contributed by atoms with Crippen molar-refractivity contribution < 1.29 is 19.4 Å². The molecule has 5 nitrogen and oxygen atoms in total. The number of carbonyl (C=O) groups is 2. The van der Waals surface area contributed by atoms with Crippen molar-refractivity contribution >= 4 is 39.4 Å². The van der Waals surface area contributed by atoms with Crippen molar-refractivity contribution in [1.82, 2.24) is 5.32 Å². The van der Waals surface area contributed by atoms with Crippen LogP contribution in [0.3, 0.4) is 0 Å². The van der Waals surface area contributed by atoms with Gasteiger partial charge in [0.05, 0.1) is 10.9 Å². The third-order valence-corrected chi connectivity index (χ3v) is 4.16. The lowest BCUT2D eigenvalue weighted by atomic mass is 10.1. The van der Waals surface area contributed by atoms with Gasteiger partial charge in [-0.1, -0.05) is 11.6 Å². The van der Waals surface area contributed by atoms with Gasteiger partial charge >= 0.3 is 5.97 Å². The number of amides is 1. The Hall–Kier alpha value is -1.27. The highest BCUT2D eigenvalue weighted by atomic mass is 79.9. The number of hydrogen-bond acceptors (Lipinski definition) is 3. The fourth-order valence-electron chi connectivity index (χ4n) is 1.51. The van der Waals surface area contributed by atoms with E-state index in [9.17, 15) is 9.59 Å². The van der Waals surface area contributed by atoms with Crippen LogP contribution in [0.25, 0.3) is 0 Å². The van der Waals surface area contributed by atoms with Gasteiger partial charge < -0.3 is 15.2 Å². The maximum Gasteiger partial charge on any atom is 0.305 e. The molecule has 0 aliphatic rings. The minimum atomic E-state index is -0.960. The van der Waals surface area contributed by atoms with Gasteiger partial charge in [-0.15, -0.1) is 0 Å². The molecule has 20 heavy (non-hydrogen) atoms. The van der Waals surface area contributed by atoms with E-state index in [-0.39, 0.29) is 25.5 Å². The molecule has 0 atom stereocenters. The van der Waals surface area contributed by atoms with Crippen LogP contribution < -0.4 is 10.1 Å². The molecular weight excluding hydrogens is 350 g/mol. The Bertz CT molecular complexity index is 534. The van der Waals surface area contributed by atoms with Gasteiger partial charge in [0.2, 0.25) is 0 Å². The van der Waals surface area contributed by atoms with Gasteiger partial charge in [-0.05, 0) is 47.0 Å². The second-order valence-electron chi connectivity index (χ2n) is 4.23. The molecule has 0 unspecified atom stereocenters. The molecule has 0 bridgehead atoms. The Morgan fingerprint density at radius 3 is 2.70 bits per heavy atom. The number of halogens is 2. The predicted octanol–water partition coefficient (Wildman–Crippen LogP) is 2.69. The average Bonchev–Trinajstić information content (AvgIpc) is 2.38. The summed E-state index contributed by atoms with van der Waals surface area (Å²) in [6, 6.07) is 1.74. The third-order valence-electron chi connectivity index (χ3n) is 2.59. The van der Waals surface area contributed by atoms with E-state index in [1.807, 2.05) is 13.8 Å². The lowest BCUT2D eigenvalue weighted by Gasteiger charge is -2.13. The summed E-state index contributed by atoms with van der Waals surface area (Å²) in [6.07, 6.45) is -0.116. The van der Waals surface area contributed by atoms with Crippen molar-refractivity contribution in [2.24, 2.45) is 0 Å². The number of carbonyl (C=O) groups excluding carboxylic acids is 1. The Morgan fingerprint density at radius 1 is 1.45 bits per heavy atom. The smallest absolute Gasteiger partial charge is 0.305 e. The Kier molecular flexibility index (Phi) is 6.29. The van der Waals surface area contributed by atoms with Crippen molar-refractivity contribution in [3.05, 3.63) is 26.7 Å². The zero-order valence-electron chi connectivity index (χ0n) is 11.1. The van der Waals surface area contributed by atoms with E-state index in [1.54, 1.807) is 6.07 Å². The highest BCUT2D eigenvalue weighted by molar-refractivity contribution is 9.10. The van der Waals surface area contributed by atoms with Gasteiger partial charge in [0.15, 0.2) is 6.61 Å². The molecule has 0 aromatic heterocycles. The highest BCUT2D eigenvalue weighted by Gasteiger charge is 2.12. The molecule has 0 spiro atoms. The van der Waals surface area contributed by atoms with Crippen LogP contribution >= 0.6 is 27.5 Å². The average molecular weight is 365 g/mol. The van der Waals surface area contributed by atoms with Crippen LogP contribution in [0.1, 0.15) is 17.5 Å². The molecule has 0 saturated heterocycles. The monoisotopic (exact) mass is 363 g/mol. The molecule has 1 aromatic carbocycles. The van der Waals surface area contributed by atoms with Crippen molar-refractivity contribution in [2.75, 3.05) is 13.2 Å². The first-order valence-electron chi connectivity index (χ1n) is 5.89. The van der Waals surface area contributed by atoms with Gasteiger partial charge in [-0.25, -0.2) is 0 Å². The summed E-state index contributed by atoms with van der Waals surface area (Å²) < 4.78 is 6.11. The molecule has 110 valence electrons. The number of nitrogens with one attached hydrogen (secondary N) is 1. The summed E-state index contributed by atoms with van der Waals surface area (Å²) in [7, 11) is 0. The van der Waals surface area contributed by atoms with Crippen molar-refractivity contribution in [3.63, 3.8) is 0 Å². The van der Waals surface area contributed by atoms with Gasteiger partial charge in [0.25, 0.3) is 5.91 Å². The standard InChI is InChI=1S/C13H15BrClNO4/c1-7-5-9(12(14)8(2)13(7)15)20-6-10(17)16-4-3-11(18)19/h5H,3-4,6H2,1-2H3,(H,16,17)(H,18,19). The molecule has 0 aliphatic heterocycles. The van der Waals surface area contributed by atoms with E-state index in [1.165, 1.54) is 0 Å². The summed E-state index contributed by atoms with van der Waals surface area (Å²) in [5.74, 6) is -0.806. The van der Waals surface area contributed by atoms with E-state index in [2.05, 4.69) is 21.2 Å². The van der Waals surface area contributed by atoms with Crippen molar-refractivity contribution in [2.45, 2.75) is 20.3 Å². The van der Waals surface area contributed by atoms with Crippen molar-refractivity contribution in [3.8, 4) is 5.75 Å². The number of ether oxygens (including phenoxy) is 1. The number of rotatable bonds is 6. The van der Waals surface area contributed by atoms with E-state index >= 15 is 0 Å². The zero-order chi connectivity index (χ0) is 15.3. The van der Waals surface area contributed by atoms with E-state index in [0.29, 0.717) is 15.2 Å². The van der Waals surface area contributed by atoms with Gasteiger partial charge in [0.1, 0.15) is 5.75 Å². The highest BCUT2D eigenvalue weighted by Crippen LogP contribution is 2.35. The van der Waals surface area contributed by atoms with E-state index < -0.39 is 5.97 Å². The van der Waals surface area contributed by atoms with Crippen LogP contribution in [-0.4, -0.2) is 30.1 Å². The molecule has 0 saturated carbocycles. The third kappa shape index (κ3) is 4.68. The summed E-state index contributed by atoms with van der Waals surface area (Å²) in [5, 5.41) is 11.6. The molecule has 1 aromatic rings. The first-order chi connectivity index (χ1) is 9.32. The fraction of sp³-hybridized carbons (Fsp3) is 0.385. The number of benzene rings is 1. The first-order valence-corrected chi connectivity index (χ1v) is 7.06. The summed E-state index contributed by atoms with van der Waals surface area (Å²) in [6.45, 7) is 3.59. The van der Waals surface area contributed by atoms with Crippen LogP contribution in [0.5, 0.6) is 5.75 Å². The molecule has 1 amide bonds. The van der Waals surface area contributed by atoms with E-state index in [4.69, 9.17) is 21.4 Å². The SMILES string of the molecule is Cc1cc(OCC(=O)NCCC(=O)O)c(Br)c(C)c1Cl. The number of hydrogen-bond donors (Lipinski definition) is 2. The van der Waals surface area contributed by atoms with Crippen LogP contribution in [0.4, 0.5) is 0 Å². The Morgan fingerprint density at radius 2 is 2.10 bits per heavy atom.